The lowest BCUT2D eigenvalue weighted by atomic mass is 10.0. The molecule has 0 aliphatic heterocycles. The Kier molecular flexibility index (Phi) is 5.64. The maximum Gasteiger partial charge on any atom is 0.338 e. The third-order valence-electron chi connectivity index (χ3n) is 4.19. The smallest absolute Gasteiger partial charge is 0.338 e. The van der Waals surface area contributed by atoms with Crippen molar-refractivity contribution in [2.24, 2.45) is 0 Å². The van der Waals surface area contributed by atoms with E-state index in [-0.39, 0.29) is 11.1 Å². The van der Waals surface area contributed by atoms with Gasteiger partial charge in [0, 0.05) is 17.7 Å². The Morgan fingerprint density at radius 3 is 2.17 bits per heavy atom. The second kappa shape index (κ2) is 8.30. The summed E-state index contributed by atoms with van der Waals surface area (Å²) in [5.74, 6) is -2.23. The summed E-state index contributed by atoms with van der Waals surface area (Å²) in [6, 6.07) is 15.7. The molecule has 0 unspecified atom stereocenters. The average molecular weight is 393 g/mol. The molecule has 0 atom stereocenters. The van der Waals surface area contributed by atoms with Crippen molar-refractivity contribution in [3.8, 4) is 0 Å². The van der Waals surface area contributed by atoms with E-state index in [1.54, 1.807) is 18.2 Å². The van der Waals surface area contributed by atoms with Crippen molar-refractivity contribution in [3.05, 3.63) is 87.5 Å². The van der Waals surface area contributed by atoms with Crippen LogP contribution in [0.1, 0.15) is 31.1 Å². The Balaban J connectivity index is 1.77. The van der Waals surface area contributed by atoms with Gasteiger partial charge in [0.2, 0.25) is 0 Å². The van der Waals surface area contributed by atoms with E-state index >= 15 is 0 Å². The highest BCUT2D eigenvalue weighted by Gasteiger charge is 2.20. The van der Waals surface area contributed by atoms with Crippen LogP contribution in [0.3, 0.4) is 0 Å². The number of benzene rings is 3. The molecule has 8 heteroatoms. The van der Waals surface area contributed by atoms with Crippen LogP contribution in [0.25, 0.3) is 10.8 Å². The van der Waals surface area contributed by atoms with Crippen molar-refractivity contribution < 1.29 is 28.8 Å². The van der Waals surface area contributed by atoms with Crippen molar-refractivity contribution in [2.45, 2.75) is 0 Å². The van der Waals surface area contributed by atoms with Crippen molar-refractivity contribution in [3.63, 3.8) is 0 Å². The number of esters is 2. The van der Waals surface area contributed by atoms with Crippen molar-refractivity contribution in [1.29, 1.82) is 0 Å². The number of fused-ring (bicyclic) bond motifs is 1. The molecule has 0 heterocycles. The van der Waals surface area contributed by atoms with E-state index in [1.165, 1.54) is 0 Å². The van der Waals surface area contributed by atoms with Crippen LogP contribution >= 0.6 is 0 Å². The van der Waals surface area contributed by atoms with E-state index in [9.17, 15) is 24.5 Å². The highest BCUT2D eigenvalue weighted by Crippen LogP contribution is 2.20. The highest BCUT2D eigenvalue weighted by molar-refractivity contribution is 6.02. The van der Waals surface area contributed by atoms with Gasteiger partial charge in [-0.2, -0.15) is 0 Å². The number of hydrogen-bond acceptors (Lipinski definition) is 7. The van der Waals surface area contributed by atoms with Gasteiger partial charge in [0.1, 0.15) is 0 Å². The Bertz CT molecular complexity index is 1140. The van der Waals surface area contributed by atoms with Crippen LogP contribution in [-0.2, 0) is 9.47 Å². The molecule has 3 rings (SSSR count). The van der Waals surface area contributed by atoms with Gasteiger partial charge in [-0.1, -0.05) is 36.4 Å². The molecule has 3 aromatic rings. The number of carbonyl (C=O) groups is 3. The molecular formula is C21H15NO7. The van der Waals surface area contributed by atoms with Gasteiger partial charge in [-0.25, -0.2) is 9.59 Å². The number of non-ortho nitro benzene ring substituents is 1. The maximum atomic E-state index is 12.4. The fourth-order valence-corrected chi connectivity index (χ4v) is 2.73. The number of ketones is 1. The van der Waals surface area contributed by atoms with Crippen LogP contribution in [-0.4, -0.2) is 36.4 Å². The summed E-state index contributed by atoms with van der Waals surface area (Å²) in [5.41, 5.74) is -0.507. The fourth-order valence-electron chi connectivity index (χ4n) is 2.73. The van der Waals surface area contributed by atoms with E-state index < -0.39 is 34.9 Å². The number of carbonyl (C=O) groups excluding carboxylic acids is 3. The minimum atomic E-state index is -0.965. The number of Topliss-reactive ketones (excluding diaryl/α,β-unsaturated/α-hetero) is 1. The van der Waals surface area contributed by atoms with Crippen LogP contribution in [0.4, 0.5) is 5.69 Å². The summed E-state index contributed by atoms with van der Waals surface area (Å²) in [5, 5.41) is 12.9. The standard InChI is InChI=1S/C21H15NO7/c1-28-20(24)16-9-17(11-18(10-16)22(26)27)21(25)29-12-19(23)15-7-6-13-4-2-3-5-14(13)8-15/h2-11H,12H2,1H3. The molecule has 0 radical (unpaired) electrons. The molecule has 0 N–H and O–H groups in total. The number of hydrogen-bond donors (Lipinski definition) is 0. The quantitative estimate of drug-likeness (QED) is 0.272. The topological polar surface area (TPSA) is 113 Å². The molecule has 0 amide bonds. The fraction of sp³-hybridized carbons (Fsp3) is 0.0952. The molecular weight excluding hydrogens is 378 g/mol. The molecule has 3 aromatic carbocycles. The number of nitro benzene ring substituents is 1. The Hall–Kier alpha value is -4.07. The monoisotopic (exact) mass is 393 g/mol. The third-order valence-corrected chi connectivity index (χ3v) is 4.19. The summed E-state index contributed by atoms with van der Waals surface area (Å²) >= 11 is 0. The molecule has 0 bridgehead atoms. The normalized spacial score (nSPS) is 10.4. The zero-order valence-corrected chi connectivity index (χ0v) is 15.3. The molecule has 0 fully saturated rings. The van der Waals surface area contributed by atoms with E-state index in [0.29, 0.717) is 5.56 Å². The summed E-state index contributed by atoms with van der Waals surface area (Å²) in [4.78, 5) is 46.6. The first-order valence-electron chi connectivity index (χ1n) is 8.46. The lowest BCUT2D eigenvalue weighted by molar-refractivity contribution is -0.384. The Morgan fingerprint density at radius 2 is 1.52 bits per heavy atom. The minimum Gasteiger partial charge on any atom is -0.465 e. The summed E-state index contributed by atoms with van der Waals surface area (Å²) in [7, 11) is 1.11. The first kappa shape index (κ1) is 19.7. The number of ether oxygens (including phenoxy) is 2. The second-order valence-electron chi connectivity index (χ2n) is 6.08. The number of rotatable bonds is 6. The van der Waals surface area contributed by atoms with Gasteiger partial charge >= 0.3 is 11.9 Å². The van der Waals surface area contributed by atoms with Crippen LogP contribution < -0.4 is 0 Å². The number of nitrogens with zero attached hydrogens (tertiary/aromatic N) is 1. The Morgan fingerprint density at radius 1 is 0.862 bits per heavy atom. The molecule has 8 nitrogen and oxygen atoms in total. The van der Waals surface area contributed by atoms with Crippen LogP contribution in [0, 0.1) is 10.1 Å². The van der Waals surface area contributed by atoms with E-state index in [2.05, 4.69) is 4.74 Å². The lowest BCUT2D eigenvalue weighted by Crippen LogP contribution is -2.15. The van der Waals surface area contributed by atoms with Crippen molar-refractivity contribution in [2.75, 3.05) is 13.7 Å². The highest BCUT2D eigenvalue weighted by atomic mass is 16.6. The maximum absolute atomic E-state index is 12.4. The molecule has 0 spiro atoms. The molecule has 0 aliphatic carbocycles. The molecule has 29 heavy (non-hydrogen) atoms. The number of methoxy groups -OCH3 is 1. The first-order valence-corrected chi connectivity index (χ1v) is 8.46. The predicted octanol–water partition coefficient (Wildman–Crippen LogP) is 3.57. The minimum absolute atomic E-state index is 0.172. The largest absolute Gasteiger partial charge is 0.465 e. The van der Waals surface area contributed by atoms with Gasteiger partial charge in [-0.15, -0.1) is 0 Å². The van der Waals surface area contributed by atoms with Crippen LogP contribution in [0.15, 0.2) is 60.7 Å². The first-order chi connectivity index (χ1) is 13.9. The van der Waals surface area contributed by atoms with Crippen molar-refractivity contribution in [1.82, 2.24) is 0 Å². The molecule has 0 aliphatic rings. The molecule has 0 saturated heterocycles. The average Bonchev–Trinajstić information content (AvgIpc) is 2.75. The van der Waals surface area contributed by atoms with Gasteiger partial charge in [-0.3, -0.25) is 14.9 Å². The van der Waals surface area contributed by atoms with Gasteiger partial charge in [0.25, 0.3) is 5.69 Å². The van der Waals surface area contributed by atoms with Gasteiger partial charge < -0.3 is 9.47 Å². The van der Waals surface area contributed by atoms with E-state index in [4.69, 9.17) is 4.74 Å². The van der Waals surface area contributed by atoms with Crippen LogP contribution in [0.5, 0.6) is 0 Å². The van der Waals surface area contributed by atoms with Gasteiger partial charge in [-0.05, 0) is 22.9 Å². The molecule has 0 aromatic heterocycles. The molecule has 0 saturated carbocycles. The SMILES string of the molecule is COC(=O)c1cc(C(=O)OCC(=O)c2ccc3ccccc3c2)cc([N+](=O)[O-])c1. The summed E-state index contributed by atoms with van der Waals surface area (Å²) in [6.07, 6.45) is 0. The van der Waals surface area contributed by atoms with Gasteiger partial charge in [0.15, 0.2) is 12.4 Å². The zero-order valence-electron chi connectivity index (χ0n) is 15.3. The van der Waals surface area contributed by atoms with Crippen LogP contribution in [0.2, 0.25) is 0 Å². The van der Waals surface area contributed by atoms with Crippen molar-refractivity contribution >= 4 is 34.2 Å². The van der Waals surface area contributed by atoms with Gasteiger partial charge in [0.05, 0.1) is 23.2 Å². The summed E-state index contributed by atoms with van der Waals surface area (Å²) in [6.45, 7) is -0.548. The Labute approximate surface area is 164 Å². The third kappa shape index (κ3) is 4.44. The second-order valence-corrected chi connectivity index (χ2v) is 6.08. The van der Waals surface area contributed by atoms with E-state index in [0.717, 1.165) is 36.1 Å². The van der Waals surface area contributed by atoms with E-state index in [1.807, 2.05) is 24.3 Å². The molecule has 146 valence electrons. The lowest BCUT2D eigenvalue weighted by Gasteiger charge is -2.07. The predicted molar refractivity (Wildman–Crippen MR) is 103 cm³/mol. The summed E-state index contributed by atoms with van der Waals surface area (Å²) < 4.78 is 9.53. The zero-order chi connectivity index (χ0) is 21.0. The number of nitro groups is 1.